The van der Waals surface area contributed by atoms with Gasteiger partial charge < -0.3 is 9.80 Å². The van der Waals surface area contributed by atoms with Crippen LogP contribution in [0.25, 0.3) is 44.8 Å². The van der Waals surface area contributed by atoms with Crippen LogP contribution in [0.15, 0.2) is 158 Å². The van der Waals surface area contributed by atoms with Gasteiger partial charge in [0.05, 0.1) is 6.04 Å². The van der Waals surface area contributed by atoms with E-state index in [9.17, 15) is 0 Å². The van der Waals surface area contributed by atoms with Crippen molar-refractivity contribution < 1.29 is 0 Å². The molecule has 2 nitrogen and oxygen atoms in total. The van der Waals surface area contributed by atoms with Crippen molar-refractivity contribution in [1.82, 2.24) is 0 Å². The Kier molecular flexibility index (Phi) is 7.33. The van der Waals surface area contributed by atoms with E-state index in [0.717, 1.165) is 19.4 Å². The monoisotopic (exact) mass is 708 g/mol. The number of para-hydroxylation sites is 2. The van der Waals surface area contributed by atoms with Crippen molar-refractivity contribution >= 4 is 56.4 Å². The summed E-state index contributed by atoms with van der Waals surface area (Å²) in [6, 6.07) is 50.9. The van der Waals surface area contributed by atoms with Crippen molar-refractivity contribution in [2.45, 2.75) is 44.6 Å². The zero-order valence-corrected chi connectivity index (χ0v) is 31.5. The highest BCUT2D eigenvalue weighted by Gasteiger charge is 2.36. The van der Waals surface area contributed by atoms with E-state index in [1.165, 1.54) is 95.2 Å². The molecular weight excluding hydrogens is 665 g/mol. The molecule has 0 spiro atoms. The van der Waals surface area contributed by atoms with Crippen molar-refractivity contribution in [2.24, 2.45) is 5.92 Å². The molecule has 0 bridgehead atoms. The van der Waals surface area contributed by atoms with Gasteiger partial charge in [0.1, 0.15) is 0 Å². The summed E-state index contributed by atoms with van der Waals surface area (Å²) in [6.07, 6.45) is 17.1. The minimum atomic E-state index is -0.0764. The summed E-state index contributed by atoms with van der Waals surface area (Å²) >= 11 is 0. The molecule has 2 heterocycles. The predicted molar refractivity (Wildman–Crippen MR) is 234 cm³/mol. The molecule has 2 heteroatoms. The lowest BCUT2D eigenvalue weighted by Gasteiger charge is -2.42. The van der Waals surface area contributed by atoms with Crippen LogP contribution < -0.4 is 9.80 Å². The van der Waals surface area contributed by atoms with Gasteiger partial charge in [0.15, 0.2) is 0 Å². The number of rotatable bonds is 4. The maximum absolute atomic E-state index is 2.55. The standard InChI is InChI=1S/C53H44N2/c1-53(2)48-31-36(20-26-46(48)47-28-23-42(34-49(47)53)54-29-9-13-37-10-3-6-14-50(37)54)18-17-35-19-25-44-38(30-35)21-22-39-33-43(24-27-45(39)44)55-51-15-7-4-11-40(51)32-41-12-5-8-16-52(41)55/h3-8,10-12,14-28,30-31,33-34,40,51H,9,13,29,32H2,1-2H3/b18-17+. The fourth-order valence-electron chi connectivity index (χ4n) is 10.1. The van der Waals surface area contributed by atoms with Gasteiger partial charge in [-0.3, -0.25) is 0 Å². The Balaban J connectivity index is 0.873. The van der Waals surface area contributed by atoms with Crippen molar-refractivity contribution in [3.8, 4) is 11.1 Å². The number of benzene rings is 7. The van der Waals surface area contributed by atoms with E-state index in [4.69, 9.17) is 0 Å². The highest BCUT2D eigenvalue weighted by atomic mass is 15.2. The second-order valence-corrected chi connectivity index (χ2v) is 16.5. The molecule has 0 fully saturated rings. The van der Waals surface area contributed by atoms with Gasteiger partial charge in [0.25, 0.3) is 0 Å². The van der Waals surface area contributed by atoms with Crippen LogP contribution in [0.2, 0.25) is 0 Å². The summed E-state index contributed by atoms with van der Waals surface area (Å²) in [7, 11) is 0. The SMILES string of the molecule is CC1(C)c2cc(/C=C/c3ccc4c(ccc5cc(N6c7ccccc7CC7C=CC=CC76)ccc54)c3)ccc2-c2ccc(N3CCCc4ccccc43)cc21. The molecule has 55 heavy (non-hydrogen) atoms. The second-order valence-electron chi connectivity index (χ2n) is 16.5. The third kappa shape index (κ3) is 5.23. The van der Waals surface area contributed by atoms with Crippen LogP contribution in [0.4, 0.5) is 22.7 Å². The van der Waals surface area contributed by atoms with Crippen LogP contribution in [0.3, 0.4) is 0 Å². The van der Waals surface area contributed by atoms with Gasteiger partial charge >= 0.3 is 0 Å². The number of allylic oxidation sites excluding steroid dienone is 2. The fourth-order valence-corrected chi connectivity index (χ4v) is 10.1. The van der Waals surface area contributed by atoms with Gasteiger partial charge in [-0.2, -0.15) is 0 Å². The van der Waals surface area contributed by atoms with Crippen LogP contribution in [-0.2, 0) is 18.3 Å². The molecule has 0 saturated heterocycles. The number of hydrogen-bond donors (Lipinski definition) is 0. The number of anilines is 4. The maximum Gasteiger partial charge on any atom is 0.0591 e. The largest absolute Gasteiger partial charge is 0.341 e. The molecule has 11 rings (SSSR count). The van der Waals surface area contributed by atoms with E-state index >= 15 is 0 Å². The number of hydrogen-bond acceptors (Lipinski definition) is 2. The van der Waals surface area contributed by atoms with Crippen LogP contribution >= 0.6 is 0 Å². The minimum absolute atomic E-state index is 0.0764. The lowest BCUT2D eigenvalue weighted by atomic mass is 9.81. The minimum Gasteiger partial charge on any atom is -0.341 e. The lowest BCUT2D eigenvalue weighted by molar-refractivity contribution is 0.533. The summed E-state index contributed by atoms with van der Waals surface area (Å²) in [4.78, 5) is 5.07. The van der Waals surface area contributed by atoms with E-state index < -0.39 is 0 Å². The van der Waals surface area contributed by atoms with Crippen LogP contribution in [0.1, 0.15) is 53.6 Å². The average Bonchev–Trinajstić information content (AvgIpc) is 3.46. The molecule has 0 amide bonds. The first-order chi connectivity index (χ1) is 27.0. The Labute approximate surface area is 324 Å². The molecule has 2 aliphatic carbocycles. The quantitative estimate of drug-likeness (QED) is 0.133. The Morgan fingerprint density at radius 3 is 2.09 bits per heavy atom. The van der Waals surface area contributed by atoms with Crippen molar-refractivity contribution in [1.29, 1.82) is 0 Å². The average molecular weight is 709 g/mol. The highest BCUT2D eigenvalue weighted by molar-refractivity contribution is 6.09. The summed E-state index contributed by atoms with van der Waals surface area (Å²) in [5.74, 6) is 0.482. The fraction of sp³-hybridized carbons (Fsp3) is 0.170. The predicted octanol–water partition coefficient (Wildman–Crippen LogP) is 13.4. The normalized spacial score (nSPS) is 19.0. The molecule has 0 saturated carbocycles. The van der Waals surface area contributed by atoms with Gasteiger partial charge in [0, 0.05) is 40.6 Å². The lowest BCUT2D eigenvalue weighted by Crippen LogP contribution is -2.41. The van der Waals surface area contributed by atoms with Crippen molar-refractivity contribution in [3.05, 3.63) is 191 Å². The van der Waals surface area contributed by atoms with E-state index in [-0.39, 0.29) is 5.41 Å². The first-order valence-electron chi connectivity index (χ1n) is 20.0. The van der Waals surface area contributed by atoms with Crippen LogP contribution in [0.5, 0.6) is 0 Å². The topological polar surface area (TPSA) is 6.48 Å². The first-order valence-corrected chi connectivity index (χ1v) is 20.0. The van der Waals surface area contributed by atoms with Crippen LogP contribution in [-0.4, -0.2) is 12.6 Å². The van der Waals surface area contributed by atoms with Gasteiger partial charge in [0.2, 0.25) is 0 Å². The van der Waals surface area contributed by atoms with Crippen molar-refractivity contribution in [2.75, 3.05) is 16.3 Å². The molecule has 7 aromatic rings. The Bertz CT molecular complexity index is 2780. The molecular formula is C53H44N2. The molecule has 4 aliphatic rings. The van der Waals surface area contributed by atoms with E-state index in [0.29, 0.717) is 12.0 Å². The maximum atomic E-state index is 2.55. The highest BCUT2D eigenvalue weighted by Crippen LogP contribution is 2.51. The molecule has 0 N–H and O–H groups in total. The summed E-state index contributed by atoms with van der Waals surface area (Å²) < 4.78 is 0. The molecule has 7 aromatic carbocycles. The molecule has 2 atom stereocenters. The molecule has 2 aliphatic heterocycles. The Morgan fingerprint density at radius 1 is 0.582 bits per heavy atom. The molecule has 266 valence electrons. The van der Waals surface area contributed by atoms with E-state index in [1.807, 2.05) is 0 Å². The summed E-state index contributed by atoms with van der Waals surface area (Å²) in [6.45, 7) is 5.85. The molecule has 2 unspecified atom stereocenters. The molecule has 0 aromatic heterocycles. The first kappa shape index (κ1) is 32.3. The second kappa shape index (κ2) is 12.5. The van der Waals surface area contributed by atoms with Gasteiger partial charge in [-0.15, -0.1) is 0 Å². The number of aryl methyl sites for hydroxylation is 1. The zero-order valence-electron chi connectivity index (χ0n) is 31.5. The third-order valence-electron chi connectivity index (χ3n) is 12.9. The Hall–Kier alpha value is -6.12. The van der Waals surface area contributed by atoms with Gasteiger partial charge in [-0.1, -0.05) is 141 Å². The summed E-state index contributed by atoms with van der Waals surface area (Å²) in [5.41, 5.74) is 16.0. The summed E-state index contributed by atoms with van der Waals surface area (Å²) in [5, 5.41) is 5.13. The van der Waals surface area contributed by atoms with E-state index in [2.05, 4.69) is 194 Å². The number of nitrogens with zero attached hydrogens (tertiary/aromatic N) is 2. The Morgan fingerprint density at radius 2 is 1.24 bits per heavy atom. The van der Waals surface area contributed by atoms with E-state index in [1.54, 1.807) is 0 Å². The third-order valence-corrected chi connectivity index (χ3v) is 12.9. The van der Waals surface area contributed by atoms with Gasteiger partial charge in [-0.25, -0.2) is 0 Å². The van der Waals surface area contributed by atoms with Crippen LogP contribution in [0, 0.1) is 5.92 Å². The zero-order chi connectivity index (χ0) is 36.7. The smallest absolute Gasteiger partial charge is 0.0591 e. The van der Waals surface area contributed by atoms with Crippen molar-refractivity contribution in [3.63, 3.8) is 0 Å². The van der Waals surface area contributed by atoms with Gasteiger partial charge in [-0.05, 0) is 128 Å². The molecule has 0 radical (unpaired) electrons. The number of fused-ring (bicyclic) bond motifs is 9.